The van der Waals surface area contributed by atoms with E-state index >= 15 is 0 Å². The second-order valence-corrected chi connectivity index (χ2v) is 9.49. The fourth-order valence-corrected chi connectivity index (χ4v) is 3.88. The number of guanidine groups is 1. The first-order chi connectivity index (χ1) is 14.3. The molecule has 1 fully saturated rings. The van der Waals surface area contributed by atoms with E-state index in [0.717, 1.165) is 18.4 Å². The van der Waals surface area contributed by atoms with Crippen LogP contribution < -0.4 is 15.4 Å². The molecule has 170 valence electrons. The number of hydrogen-bond donors (Lipinski definition) is 2. The molecule has 1 saturated carbocycles. The molecule has 9 heteroatoms. The highest BCUT2D eigenvalue weighted by atomic mass is 127. The van der Waals surface area contributed by atoms with Gasteiger partial charge in [0.15, 0.2) is 15.8 Å². The van der Waals surface area contributed by atoms with Gasteiger partial charge in [0.25, 0.3) is 0 Å². The van der Waals surface area contributed by atoms with Gasteiger partial charge in [0.1, 0.15) is 18.2 Å². The predicted octanol–water partition coefficient (Wildman–Crippen LogP) is 3.51. The summed E-state index contributed by atoms with van der Waals surface area (Å²) in [5.41, 5.74) is 0.538. The first-order valence-corrected chi connectivity index (χ1v) is 11.9. The van der Waals surface area contributed by atoms with E-state index in [2.05, 4.69) is 15.6 Å². The monoisotopic (exact) mass is 561 g/mol. The normalized spacial score (nSPS) is 15.0. The molecular formula is C22H29FIN3O3S. The topological polar surface area (TPSA) is 79.8 Å². The van der Waals surface area contributed by atoms with Crippen LogP contribution in [-0.4, -0.2) is 46.9 Å². The summed E-state index contributed by atoms with van der Waals surface area (Å²) >= 11 is 0. The lowest BCUT2D eigenvalue weighted by atomic mass is 9.95. The predicted molar refractivity (Wildman–Crippen MR) is 132 cm³/mol. The summed E-state index contributed by atoms with van der Waals surface area (Å²) in [6.45, 7) is 4.14. The van der Waals surface area contributed by atoms with Crippen molar-refractivity contribution in [3.8, 4) is 5.75 Å². The summed E-state index contributed by atoms with van der Waals surface area (Å²) in [4.78, 5) is 4.92. The summed E-state index contributed by atoms with van der Waals surface area (Å²) in [5, 5.41) is 6.41. The van der Waals surface area contributed by atoms with Crippen LogP contribution in [0.15, 0.2) is 58.4 Å². The van der Waals surface area contributed by atoms with Gasteiger partial charge in [-0.15, -0.1) is 24.0 Å². The van der Waals surface area contributed by atoms with E-state index in [1.807, 2.05) is 19.1 Å². The number of nitrogens with one attached hydrogen (secondary N) is 2. The van der Waals surface area contributed by atoms with Crippen LogP contribution in [0.5, 0.6) is 5.75 Å². The van der Waals surface area contributed by atoms with E-state index < -0.39 is 9.84 Å². The maximum absolute atomic E-state index is 14.2. The molecule has 2 N–H and O–H groups in total. The molecule has 0 bridgehead atoms. The van der Waals surface area contributed by atoms with Crippen LogP contribution in [0, 0.1) is 5.82 Å². The average Bonchev–Trinajstić information content (AvgIpc) is 3.50. The van der Waals surface area contributed by atoms with Crippen LogP contribution in [0.4, 0.5) is 4.39 Å². The number of aliphatic imine (C=N–C) groups is 1. The first kappa shape index (κ1) is 25.4. The molecule has 0 saturated heterocycles. The number of benzene rings is 2. The second-order valence-electron chi connectivity index (χ2n) is 7.47. The molecule has 0 spiro atoms. The summed E-state index contributed by atoms with van der Waals surface area (Å²) < 4.78 is 42.8. The van der Waals surface area contributed by atoms with E-state index in [1.54, 1.807) is 18.2 Å². The molecule has 0 aliphatic heterocycles. The highest BCUT2D eigenvalue weighted by molar-refractivity contribution is 14.0. The summed E-state index contributed by atoms with van der Waals surface area (Å²) in [6, 6.07) is 13.3. The highest BCUT2D eigenvalue weighted by Crippen LogP contribution is 2.49. The maximum Gasteiger partial charge on any atom is 0.191 e. The Bertz CT molecular complexity index is 993. The van der Waals surface area contributed by atoms with E-state index in [1.165, 1.54) is 24.5 Å². The highest BCUT2D eigenvalue weighted by Gasteiger charge is 2.45. The fourth-order valence-electron chi connectivity index (χ4n) is 3.25. The zero-order valence-corrected chi connectivity index (χ0v) is 20.9. The molecule has 0 aromatic heterocycles. The Morgan fingerprint density at radius 2 is 1.81 bits per heavy atom. The third-order valence-electron chi connectivity index (χ3n) is 5.10. The number of sulfone groups is 1. The van der Waals surface area contributed by atoms with E-state index in [9.17, 15) is 12.8 Å². The average molecular weight is 561 g/mol. The van der Waals surface area contributed by atoms with Gasteiger partial charge in [-0.25, -0.2) is 12.8 Å². The molecule has 0 unspecified atom stereocenters. The smallest absolute Gasteiger partial charge is 0.191 e. The van der Waals surface area contributed by atoms with Crippen LogP contribution in [-0.2, 0) is 15.3 Å². The van der Waals surface area contributed by atoms with Crippen molar-refractivity contribution in [1.82, 2.24) is 10.6 Å². The van der Waals surface area contributed by atoms with Gasteiger partial charge >= 0.3 is 0 Å². The van der Waals surface area contributed by atoms with Crippen LogP contribution >= 0.6 is 24.0 Å². The summed E-state index contributed by atoms with van der Waals surface area (Å²) in [6.07, 6.45) is 3.04. The molecule has 1 aliphatic carbocycles. The first-order valence-electron chi connectivity index (χ1n) is 10.0. The van der Waals surface area contributed by atoms with Gasteiger partial charge in [-0.3, -0.25) is 4.99 Å². The van der Waals surface area contributed by atoms with Crippen LogP contribution in [0.2, 0.25) is 0 Å². The molecule has 31 heavy (non-hydrogen) atoms. The van der Waals surface area contributed by atoms with Crippen molar-refractivity contribution in [1.29, 1.82) is 0 Å². The van der Waals surface area contributed by atoms with Crippen LogP contribution in [0.25, 0.3) is 0 Å². The minimum absolute atomic E-state index is 0. The fraction of sp³-hybridized carbons (Fsp3) is 0.409. The van der Waals surface area contributed by atoms with Crippen molar-refractivity contribution < 1.29 is 17.5 Å². The third kappa shape index (κ3) is 7.06. The minimum atomic E-state index is -3.21. The number of nitrogens with zero attached hydrogens (tertiary/aromatic N) is 1. The zero-order valence-electron chi connectivity index (χ0n) is 17.7. The molecule has 2 aromatic rings. The summed E-state index contributed by atoms with van der Waals surface area (Å²) in [7, 11) is -3.21. The molecule has 6 nitrogen and oxygen atoms in total. The zero-order chi connectivity index (χ0) is 21.6. The molecule has 0 heterocycles. The van der Waals surface area contributed by atoms with E-state index in [0.29, 0.717) is 38.0 Å². The number of hydrogen-bond acceptors (Lipinski definition) is 4. The second kappa shape index (κ2) is 11.1. The van der Waals surface area contributed by atoms with Gasteiger partial charge in [0.2, 0.25) is 0 Å². The summed E-state index contributed by atoms with van der Waals surface area (Å²) in [5.74, 6) is 1.09. The Kier molecular flexibility index (Phi) is 9.11. The van der Waals surface area contributed by atoms with E-state index in [-0.39, 0.29) is 40.1 Å². The maximum atomic E-state index is 14.2. The van der Waals surface area contributed by atoms with Crippen molar-refractivity contribution in [3.63, 3.8) is 0 Å². The lowest BCUT2D eigenvalue weighted by Crippen LogP contribution is -2.40. The molecule has 3 rings (SSSR count). The molecule has 0 radical (unpaired) electrons. The molecule has 0 atom stereocenters. The number of rotatable bonds is 9. The molecule has 2 aromatic carbocycles. The van der Waals surface area contributed by atoms with Crippen LogP contribution in [0.3, 0.4) is 0 Å². The molecule has 1 aliphatic rings. The van der Waals surface area contributed by atoms with Gasteiger partial charge in [0, 0.05) is 18.2 Å². The van der Waals surface area contributed by atoms with Gasteiger partial charge in [-0.1, -0.05) is 18.2 Å². The van der Waals surface area contributed by atoms with Gasteiger partial charge in [-0.05, 0) is 55.7 Å². The molecule has 0 amide bonds. The van der Waals surface area contributed by atoms with Crippen molar-refractivity contribution in [2.45, 2.75) is 30.1 Å². The SMILES string of the molecule is CCNC(=NCC1(c2ccccc2F)CC1)NCCOc1ccc(S(C)(=O)=O)cc1.I. The Hall–Kier alpha value is -1.88. The Morgan fingerprint density at radius 3 is 2.39 bits per heavy atom. The minimum Gasteiger partial charge on any atom is -0.492 e. The van der Waals surface area contributed by atoms with Crippen LogP contribution in [0.1, 0.15) is 25.3 Å². The lowest BCUT2D eigenvalue weighted by molar-refractivity contribution is 0.321. The van der Waals surface area contributed by atoms with Crippen molar-refractivity contribution in [2.75, 3.05) is 32.5 Å². The number of ether oxygens (including phenoxy) is 1. The lowest BCUT2D eigenvalue weighted by Gasteiger charge is -2.16. The Balaban J connectivity index is 0.00000341. The molecular weight excluding hydrogens is 532 g/mol. The van der Waals surface area contributed by atoms with Gasteiger partial charge in [-0.2, -0.15) is 0 Å². The third-order valence-corrected chi connectivity index (χ3v) is 6.23. The standard InChI is InChI=1S/C22H28FN3O3S.HI/c1-3-24-21(26-16-22(12-13-22)19-6-4-5-7-20(19)23)25-14-15-29-17-8-10-18(11-9-17)30(2,27)28;/h4-11H,3,12-16H2,1-2H3,(H2,24,25,26);1H. The van der Waals surface area contributed by atoms with Crippen molar-refractivity contribution >= 4 is 39.8 Å². The quantitative estimate of drug-likeness (QED) is 0.212. The Morgan fingerprint density at radius 1 is 1.13 bits per heavy atom. The number of halogens is 2. The van der Waals surface area contributed by atoms with Crippen molar-refractivity contribution in [3.05, 3.63) is 59.9 Å². The van der Waals surface area contributed by atoms with E-state index in [4.69, 9.17) is 4.74 Å². The van der Waals surface area contributed by atoms with Gasteiger partial charge in [0.05, 0.1) is 18.0 Å². The Labute approximate surface area is 200 Å². The van der Waals surface area contributed by atoms with Gasteiger partial charge < -0.3 is 15.4 Å². The van der Waals surface area contributed by atoms with Crippen molar-refractivity contribution in [2.24, 2.45) is 4.99 Å². The largest absolute Gasteiger partial charge is 0.492 e.